The molecule has 0 aromatic carbocycles. The standard InChI is InChI=1S/C16H22N2O5.CH2O2/c1-15(22)10-16(23-9-13(15)20)4-6-18(7-5-16)14(21)12-3-2-11(19)8-17-12;2-1-3/h2-3,8,13,19-20,22H,4-7,9-10H2,1H3;1H,(H,2,3)/t13-,15-;/m0./s1. The number of aliphatic hydroxyl groups is 2. The van der Waals surface area contributed by atoms with Crippen LogP contribution in [0.25, 0.3) is 0 Å². The molecule has 1 spiro atoms. The summed E-state index contributed by atoms with van der Waals surface area (Å²) in [4.78, 5) is 26.4. The predicted octanol–water partition coefficient (Wildman–Crippen LogP) is -0.00500. The van der Waals surface area contributed by atoms with Crippen LogP contribution < -0.4 is 0 Å². The molecule has 9 heteroatoms. The van der Waals surface area contributed by atoms with Gasteiger partial charge in [0.15, 0.2) is 0 Å². The van der Waals surface area contributed by atoms with E-state index in [1.54, 1.807) is 11.8 Å². The minimum absolute atomic E-state index is 0.0236. The first-order valence-electron chi connectivity index (χ1n) is 8.29. The highest BCUT2D eigenvalue weighted by molar-refractivity contribution is 5.92. The second-order valence-electron chi connectivity index (χ2n) is 6.84. The third-order valence-electron chi connectivity index (χ3n) is 4.87. The largest absolute Gasteiger partial charge is 0.506 e. The highest BCUT2D eigenvalue weighted by Gasteiger charge is 2.49. The van der Waals surface area contributed by atoms with Gasteiger partial charge in [0.25, 0.3) is 12.4 Å². The number of piperidine rings is 1. The first-order valence-corrected chi connectivity index (χ1v) is 8.29. The molecular formula is C17H24N2O7. The van der Waals surface area contributed by atoms with E-state index in [2.05, 4.69) is 4.98 Å². The summed E-state index contributed by atoms with van der Waals surface area (Å²) in [5.74, 6) is -0.155. The van der Waals surface area contributed by atoms with Gasteiger partial charge >= 0.3 is 0 Å². The van der Waals surface area contributed by atoms with Crippen LogP contribution in [0.5, 0.6) is 5.75 Å². The highest BCUT2D eigenvalue weighted by Crippen LogP contribution is 2.39. The lowest BCUT2D eigenvalue weighted by atomic mass is 9.76. The van der Waals surface area contributed by atoms with Crippen molar-refractivity contribution in [1.82, 2.24) is 9.88 Å². The van der Waals surface area contributed by atoms with Gasteiger partial charge in [0.1, 0.15) is 17.5 Å². The molecule has 3 heterocycles. The number of ether oxygens (including phenoxy) is 1. The van der Waals surface area contributed by atoms with Crippen LogP contribution in [0.4, 0.5) is 0 Å². The molecule has 144 valence electrons. The third-order valence-corrected chi connectivity index (χ3v) is 4.87. The van der Waals surface area contributed by atoms with E-state index in [0.717, 1.165) is 0 Å². The molecule has 0 saturated carbocycles. The molecule has 1 amide bonds. The topological polar surface area (TPSA) is 140 Å². The van der Waals surface area contributed by atoms with Crippen molar-refractivity contribution in [3.63, 3.8) is 0 Å². The summed E-state index contributed by atoms with van der Waals surface area (Å²) in [5, 5.41) is 36.2. The molecule has 1 aromatic heterocycles. The smallest absolute Gasteiger partial charge is 0.290 e. The number of aromatic hydroxyl groups is 1. The maximum atomic E-state index is 12.4. The SMILES string of the molecule is C[C@]1(O)CC2(CCN(C(=O)c3ccc(O)cn3)CC2)OC[C@@H]1O.O=CO. The van der Waals surface area contributed by atoms with E-state index >= 15 is 0 Å². The van der Waals surface area contributed by atoms with Gasteiger partial charge in [-0.3, -0.25) is 9.59 Å². The second kappa shape index (κ2) is 7.98. The number of carbonyl (C=O) groups excluding carboxylic acids is 1. The van der Waals surface area contributed by atoms with E-state index in [0.29, 0.717) is 38.0 Å². The van der Waals surface area contributed by atoms with Gasteiger partial charge in [0.2, 0.25) is 0 Å². The number of rotatable bonds is 1. The lowest BCUT2D eigenvalue weighted by Crippen LogP contribution is -2.59. The van der Waals surface area contributed by atoms with Crippen LogP contribution in [0, 0.1) is 0 Å². The number of carbonyl (C=O) groups is 2. The maximum absolute atomic E-state index is 12.4. The summed E-state index contributed by atoms with van der Waals surface area (Å²) in [5.41, 5.74) is -1.35. The van der Waals surface area contributed by atoms with E-state index in [9.17, 15) is 20.1 Å². The zero-order chi connectivity index (χ0) is 19.4. The fourth-order valence-electron chi connectivity index (χ4n) is 3.37. The van der Waals surface area contributed by atoms with Crippen molar-refractivity contribution in [3.05, 3.63) is 24.0 Å². The van der Waals surface area contributed by atoms with Crippen LogP contribution >= 0.6 is 0 Å². The summed E-state index contributed by atoms with van der Waals surface area (Å²) < 4.78 is 5.81. The molecule has 4 N–H and O–H groups in total. The fourth-order valence-corrected chi connectivity index (χ4v) is 3.37. The zero-order valence-electron chi connectivity index (χ0n) is 14.5. The van der Waals surface area contributed by atoms with Gasteiger partial charge in [-0.2, -0.15) is 0 Å². The summed E-state index contributed by atoms with van der Waals surface area (Å²) >= 11 is 0. The number of aliphatic hydroxyl groups excluding tert-OH is 1. The first kappa shape index (κ1) is 20.1. The molecule has 2 aliphatic rings. The monoisotopic (exact) mass is 368 g/mol. The number of pyridine rings is 1. The predicted molar refractivity (Wildman–Crippen MR) is 89.7 cm³/mol. The molecule has 0 bridgehead atoms. The van der Waals surface area contributed by atoms with Crippen molar-refractivity contribution in [2.45, 2.75) is 43.5 Å². The maximum Gasteiger partial charge on any atom is 0.290 e. The Labute approximate surface area is 150 Å². The number of likely N-dealkylation sites (tertiary alicyclic amines) is 1. The Morgan fingerprint density at radius 2 is 2.00 bits per heavy atom. The fraction of sp³-hybridized carbons (Fsp3) is 0.588. The van der Waals surface area contributed by atoms with Crippen molar-refractivity contribution < 1.29 is 34.8 Å². The van der Waals surface area contributed by atoms with Crippen LogP contribution in [0.3, 0.4) is 0 Å². The highest BCUT2D eigenvalue weighted by atomic mass is 16.5. The normalized spacial score (nSPS) is 27.3. The quantitative estimate of drug-likeness (QED) is 0.508. The molecule has 0 unspecified atom stereocenters. The van der Waals surface area contributed by atoms with Gasteiger partial charge in [-0.1, -0.05) is 0 Å². The zero-order valence-corrected chi connectivity index (χ0v) is 14.5. The van der Waals surface area contributed by atoms with Crippen LogP contribution in [-0.4, -0.2) is 79.7 Å². The molecule has 0 radical (unpaired) electrons. The molecule has 1 aromatic rings. The molecule has 2 aliphatic heterocycles. The summed E-state index contributed by atoms with van der Waals surface area (Å²) in [6.07, 6.45) is 1.95. The summed E-state index contributed by atoms with van der Waals surface area (Å²) in [6.45, 7) is 2.50. The summed E-state index contributed by atoms with van der Waals surface area (Å²) in [6, 6.07) is 2.94. The van der Waals surface area contributed by atoms with Crippen molar-refractivity contribution >= 4 is 12.4 Å². The van der Waals surface area contributed by atoms with Gasteiger partial charge in [0.05, 0.1) is 24.0 Å². The molecule has 2 saturated heterocycles. The van der Waals surface area contributed by atoms with E-state index in [1.807, 2.05) is 0 Å². The minimum atomic E-state index is -1.16. The number of amides is 1. The van der Waals surface area contributed by atoms with Crippen LogP contribution in [0.15, 0.2) is 18.3 Å². The Kier molecular flexibility index (Phi) is 6.17. The van der Waals surface area contributed by atoms with Crippen molar-refractivity contribution in [3.8, 4) is 5.75 Å². The molecule has 9 nitrogen and oxygen atoms in total. The van der Waals surface area contributed by atoms with Gasteiger partial charge in [0, 0.05) is 19.5 Å². The van der Waals surface area contributed by atoms with Crippen molar-refractivity contribution in [2.24, 2.45) is 0 Å². The molecule has 26 heavy (non-hydrogen) atoms. The molecular weight excluding hydrogens is 344 g/mol. The third kappa shape index (κ3) is 4.48. The van der Waals surface area contributed by atoms with Gasteiger partial charge in [-0.15, -0.1) is 0 Å². The minimum Gasteiger partial charge on any atom is -0.506 e. The number of nitrogens with zero attached hydrogens (tertiary/aromatic N) is 2. The Morgan fingerprint density at radius 1 is 1.38 bits per heavy atom. The van der Waals surface area contributed by atoms with Crippen LogP contribution in [0.1, 0.15) is 36.7 Å². The van der Waals surface area contributed by atoms with E-state index < -0.39 is 17.3 Å². The second-order valence-corrected chi connectivity index (χ2v) is 6.84. The van der Waals surface area contributed by atoms with Gasteiger partial charge in [-0.05, 0) is 31.9 Å². The van der Waals surface area contributed by atoms with Crippen molar-refractivity contribution in [2.75, 3.05) is 19.7 Å². The van der Waals surface area contributed by atoms with E-state index in [4.69, 9.17) is 14.6 Å². The van der Waals surface area contributed by atoms with Gasteiger partial charge < -0.3 is 30.1 Å². The number of hydrogen-bond donors (Lipinski definition) is 4. The van der Waals surface area contributed by atoms with Crippen LogP contribution in [-0.2, 0) is 9.53 Å². The first-order chi connectivity index (χ1) is 12.2. The number of hydrogen-bond acceptors (Lipinski definition) is 7. The molecule has 2 atom stereocenters. The molecule has 3 rings (SSSR count). The number of aromatic nitrogens is 1. The van der Waals surface area contributed by atoms with E-state index in [1.165, 1.54) is 18.3 Å². The summed E-state index contributed by atoms with van der Waals surface area (Å²) in [7, 11) is 0. The van der Waals surface area contributed by atoms with E-state index in [-0.39, 0.29) is 24.7 Å². The Morgan fingerprint density at radius 3 is 2.50 bits per heavy atom. The average Bonchev–Trinajstić information content (AvgIpc) is 2.60. The Bertz CT molecular complexity index is 625. The Hall–Kier alpha value is -2.23. The average molecular weight is 368 g/mol. The molecule has 0 aliphatic carbocycles. The van der Waals surface area contributed by atoms with Crippen molar-refractivity contribution in [1.29, 1.82) is 0 Å². The molecule has 2 fully saturated rings. The van der Waals surface area contributed by atoms with Gasteiger partial charge in [-0.25, -0.2) is 4.98 Å². The lowest BCUT2D eigenvalue weighted by Gasteiger charge is -2.49. The lowest BCUT2D eigenvalue weighted by molar-refractivity contribution is -0.221. The Balaban J connectivity index is 0.000000758. The van der Waals surface area contributed by atoms with Crippen LogP contribution in [0.2, 0.25) is 0 Å². The number of carboxylic acid groups (broad SMARTS) is 1.